The van der Waals surface area contributed by atoms with Crippen LogP contribution in [-0.4, -0.2) is 56.2 Å². The molecule has 1 aromatic carbocycles. The molecule has 0 aromatic heterocycles. The summed E-state index contributed by atoms with van der Waals surface area (Å²) in [5.41, 5.74) is 0.852. The standard InChI is InChI=1S/C13H22N2O2/c1-14(2)8-9-15(3)13(16)11-6-5-7-12(10-11)17-4/h5-7,10,13,16H,8-9H2,1-4H3. The minimum atomic E-state index is -0.593. The van der Waals surface area contributed by atoms with E-state index in [1.54, 1.807) is 7.11 Å². The van der Waals surface area contributed by atoms with E-state index in [4.69, 9.17) is 4.74 Å². The Morgan fingerprint density at radius 3 is 2.53 bits per heavy atom. The molecular weight excluding hydrogens is 216 g/mol. The number of benzene rings is 1. The molecule has 1 rings (SSSR count). The lowest BCUT2D eigenvalue weighted by atomic mass is 10.1. The van der Waals surface area contributed by atoms with E-state index in [9.17, 15) is 5.11 Å². The van der Waals surface area contributed by atoms with E-state index < -0.39 is 6.23 Å². The third-order valence-electron chi connectivity index (χ3n) is 2.71. The molecule has 17 heavy (non-hydrogen) atoms. The Kier molecular flexibility index (Phi) is 5.41. The Bertz CT molecular complexity index is 342. The van der Waals surface area contributed by atoms with Crippen LogP contribution in [0.15, 0.2) is 24.3 Å². The second-order valence-electron chi connectivity index (χ2n) is 4.43. The van der Waals surface area contributed by atoms with E-state index >= 15 is 0 Å². The van der Waals surface area contributed by atoms with Crippen LogP contribution in [0.25, 0.3) is 0 Å². The molecule has 1 atom stereocenters. The molecule has 0 aliphatic rings. The van der Waals surface area contributed by atoms with Crippen molar-refractivity contribution in [2.24, 2.45) is 0 Å². The molecule has 4 heteroatoms. The van der Waals surface area contributed by atoms with Gasteiger partial charge in [-0.3, -0.25) is 4.90 Å². The first kappa shape index (κ1) is 14.0. The van der Waals surface area contributed by atoms with Crippen molar-refractivity contribution in [3.63, 3.8) is 0 Å². The van der Waals surface area contributed by atoms with Gasteiger partial charge in [-0.25, -0.2) is 0 Å². The average molecular weight is 238 g/mol. The lowest BCUT2D eigenvalue weighted by molar-refractivity contribution is 0.0173. The molecule has 0 aliphatic heterocycles. The van der Waals surface area contributed by atoms with Gasteiger partial charge in [-0.05, 0) is 38.8 Å². The Hall–Kier alpha value is -1.10. The smallest absolute Gasteiger partial charge is 0.133 e. The number of likely N-dealkylation sites (N-methyl/N-ethyl adjacent to an activating group) is 2. The van der Waals surface area contributed by atoms with Gasteiger partial charge in [0.2, 0.25) is 0 Å². The van der Waals surface area contributed by atoms with E-state index in [0.717, 1.165) is 24.4 Å². The van der Waals surface area contributed by atoms with Gasteiger partial charge in [-0.2, -0.15) is 0 Å². The number of hydrogen-bond acceptors (Lipinski definition) is 4. The summed E-state index contributed by atoms with van der Waals surface area (Å²) in [7, 11) is 7.58. The monoisotopic (exact) mass is 238 g/mol. The summed E-state index contributed by atoms with van der Waals surface area (Å²) in [6.07, 6.45) is -0.593. The highest BCUT2D eigenvalue weighted by atomic mass is 16.5. The fourth-order valence-electron chi connectivity index (χ4n) is 1.54. The fourth-order valence-corrected chi connectivity index (χ4v) is 1.54. The molecule has 1 aromatic rings. The van der Waals surface area contributed by atoms with Crippen LogP contribution in [-0.2, 0) is 0 Å². The van der Waals surface area contributed by atoms with E-state index in [0.29, 0.717) is 0 Å². The topological polar surface area (TPSA) is 35.9 Å². The Morgan fingerprint density at radius 2 is 1.94 bits per heavy atom. The van der Waals surface area contributed by atoms with Gasteiger partial charge in [0.05, 0.1) is 7.11 Å². The largest absolute Gasteiger partial charge is 0.497 e. The zero-order chi connectivity index (χ0) is 12.8. The number of aliphatic hydroxyl groups excluding tert-OH is 1. The van der Waals surface area contributed by atoms with E-state index in [1.807, 2.05) is 50.3 Å². The summed E-state index contributed by atoms with van der Waals surface area (Å²) in [4.78, 5) is 4.00. The number of nitrogens with zero attached hydrogens (tertiary/aromatic N) is 2. The molecule has 0 radical (unpaired) electrons. The number of aliphatic hydroxyl groups is 1. The summed E-state index contributed by atoms with van der Waals surface area (Å²) in [5.74, 6) is 0.766. The summed E-state index contributed by atoms with van der Waals surface area (Å²) < 4.78 is 5.15. The molecule has 0 amide bonds. The van der Waals surface area contributed by atoms with Crippen molar-refractivity contribution in [2.45, 2.75) is 6.23 Å². The van der Waals surface area contributed by atoms with Crippen LogP contribution in [0.3, 0.4) is 0 Å². The fraction of sp³-hybridized carbons (Fsp3) is 0.538. The molecule has 0 aliphatic carbocycles. The summed E-state index contributed by atoms with van der Waals surface area (Å²) in [5, 5.41) is 10.2. The molecule has 0 heterocycles. The Balaban J connectivity index is 2.63. The first-order valence-corrected chi connectivity index (χ1v) is 5.71. The van der Waals surface area contributed by atoms with Crippen molar-refractivity contribution in [2.75, 3.05) is 41.3 Å². The number of methoxy groups -OCH3 is 1. The molecule has 0 saturated carbocycles. The minimum absolute atomic E-state index is 0.593. The molecule has 0 fully saturated rings. The maximum atomic E-state index is 10.2. The molecule has 0 spiro atoms. The van der Waals surface area contributed by atoms with Crippen LogP contribution in [0.4, 0.5) is 0 Å². The van der Waals surface area contributed by atoms with E-state index in [2.05, 4.69) is 4.90 Å². The first-order valence-electron chi connectivity index (χ1n) is 5.71. The molecule has 1 N–H and O–H groups in total. The van der Waals surface area contributed by atoms with Crippen molar-refractivity contribution in [3.05, 3.63) is 29.8 Å². The van der Waals surface area contributed by atoms with Crippen LogP contribution >= 0.6 is 0 Å². The Labute approximate surface area is 103 Å². The first-order chi connectivity index (χ1) is 8.04. The van der Waals surface area contributed by atoms with Crippen molar-refractivity contribution in [1.29, 1.82) is 0 Å². The highest BCUT2D eigenvalue weighted by Crippen LogP contribution is 2.20. The molecule has 1 unspecified atom stereocenters. The molecular formula is C13H22N2O2. The number of hydrogen-bond donors (Lipinski definition) is 1. The Morgan fingerprint density at radius 1 is 1.24 bits per heavy atom. The second-order valence-corrected chi connectivity index (χ2v) is 4.43. The van der Waals surface area contributed by atoms with Gasteiger partial charge in [0.1, 0.15) is 12.0 Å². The van der Waals surface area contributed by atoms with Gasteiger partial charge >= 0.3 is 0 Å². The molecule has 0 bridgehead atoms. The minimum Gasteiger partial charge on any atom is -0.497 e. The number of rotatable bonds is 6. The second kappa shape index (κ2) is 6.59. The van der Waals surface area contributed by atoms with Gasteiger partial charge in [-0.1, -0.05) is 12.1 Å². The highest BCUT2D eigenvalue weighted by molar-refractivity contribution is 5.29. The van der Waals surface area contributed by atoms with Gasteiger partial charge in [0.15, 0.2) is 0 Å². The molecule has 4 nitrogen and oxygen atoms in total. The predicted molar refractivity (Wildman–Crippen MR) is 69.1 cm³/mol. The molecule has 0 saturated heterocycles. The van der Waals surface area contributed by atoms with Gasteiger partial charge < -0.3 is 14.7 Å². The summed E-state index contributed by atoms with van der Waals surface area (Å²) >= 11 is 0. The van der Waals surface area contributed by atoms with Crippen molar-refractivity contribution < 1.29 is 9.84 Å². The number of ether oxygens (including phenoxy) is 1. The SMILES string of the molecule is COc1cccc(C(O)N(C)CCN(C)C)c1. The summed E-state index contributed by atoms with van der Waals surface area (Å²) in [6, 6.07) is 7.52. The highest BCUT2D eigenvalue weighted by Gasteiger charge is 2.13. The molecule has 96 valence electrons. The average Bonchev–Trinajstić information content (AvgIpc) is 2.35. The maximum Gasteiger partial charge on any atom is 0.133 e. The zero-order valence-electron chi connectivity index (χ0n) is 11.1. The van der Waals surface area contributed by atoms with Gasteiger partial charge in [0.25, 0.3) is 0 Å². The van der Waals surface area contributed by atoms with Crippen LogP contribution in [0, 0.1) is 0 Å². The van der Waals surface area contributed by atoms with Crippen LogP contribution in [0.5, 0.6) is 5.75 Å². The van der Waals surface area contributed by atoms with Crippen molar-refractivity contribution in [3.8, 4) is 5.75 Å². The normalized spacial score (nSPS) is 13.1. The maximum absolute atomic E-state index is 10.2. The van der Waals surface area contributed by atoms with Crippen LogP contribution in [0.2, 0.25) is 0 Å². The zero-order valence-corrected chi connectivity index (χ0v) is 11.1. The van der Waals surface area contributed by atoms with Gasteiger partial charge in [-0.15, -0.1) is 0 Å². The van der Waals surface area contributed by atoms with Gasteiger partial charge in [0, 0.05) is 13.1 Å². The third-order valence-corrected chi connectivity index (χ3v) is 2.71. The lowest BCUT2D eigenvalue weighted by Crippen LogP contribution is -2.31. The lowest BCUT2D eigenvalue weighted by Gasteiger charge is -2.25. The van der Waals surface area contributed by atoms with Crippen LogP contribution < -0.4 is 4.74 Å². The van der Waals surface area contributed by atoms with Crippen molar-refractivity contribution in [1.82, 2.24) is 9.80 Å². The quantitative estimate of drug-likeness (QED) is 0.755. The third kappa shape index (κ3) is 4.34. The van der Waals surface area contributed by atoms with Crippen LogP contribution in [0.1, 0.15) is 11.8 Å². The van der Waals surface area contributed by atoms with Crippen molar-refractivity contribution >= 4 is 0 Å². The van der Waals surface area contributed by atoms with E-state index in [1.165, 1.54) is 0 Å². The summed E-state index contributed by atoms with van der Waals surface area (Å²) in [6.45, 7) is 1.73. The van der Waals surface area contributed by atoms with E-state index in [-0.39, 0.29) is 0 Å². The predicted octanol–water partition coefficient (Wildman–Crippen LogP) is 1.18.